The molecule has 0 spiro atoms. The van der Waals surface area contributed by atoms with Crippen molar-refractivity contribution in [3.63, 3.8) is 0 Å². The average Bonchev–Trinajstić information content (AvgIpc) is 3.02. The number of phenolic OH excluding ortho intramolecular Hbond substituents is 1. The maximum atomic E-state index is 13.4. The van der Waals surface area contributed by atoms with Crippen LogP contribution in [0, 0.1) is 0 Å². The van der Waals surface area contributed by atoms with Crippen molar-refractivity contribution in [2.75, 3.05) is 20.3 Å². The highest BCUT2D eigenvalue weighted by Crippen LogP contribution is 2.47. The molecule has 2 aromatic carbocycles. The van der Waals surface area contributed by atoms with Gasteiger partial charge in [0.25, 0.3) is 0 Å². The van der Waals surface area contributed by atoms with Crippen LogP contribution in [0.3, 0.4) is 0 Å². The molecule has 16 heteroatoms. The molecule has 44 heavy (non-hydrogen) atoms. The van der Waals surface area contributed by atoms with Gasteiger partial charge >= 0.3 is 0 Å². The van der Waals surface area contributed by atoms with Gasteiger partial charge in [-0.3, -0.25) is 4.79 Å². The number of rotatable bonds is 7. The maximum absolute atomic E-state index is 13.4. The summed E-state index contributed by atoms with van der Waals surface area (Å²) in [7, 11) is 1.44. The van der Waals surface area contributed by atoms with Gasteiger partial charge in [-0.05, 0) is 24.3 Å². The minimum absolute atomic E-state index is 0.233. The Balaban J connectivity index is 1.71. The molecule has 1 aromatic heterocycles. The zero-order valence-electron chi connectivity index (χ0n) is 23.0. The fourth-order valence-corrected chi connectivity index (χ4v) is 5.26. The Morgan fingerprint density at radius 1 is 0.773 bits per heavy atom. The summed E-state index contributed by atoms with van der Waals surface area (Å²) in [5.41, 5.74) is -1.84. The molecule has 3 aromatic rings. The third kappa shape index (κ3) is 5.34. The number of hydrogen-bond donors (Lipinski definition) is 10. The molecule has 2 aliphatic rings. The minimum atomic E-state index is -1.99. The SMILES string of the molecule is COc1ccc(-c2oc3cc(O[C@@H]4O[C@H](CO)[C@@H](O)[C@@H](O)[C@H]4O)c([C@@H]4O[C@H](CO)[C@@H](O)[C@H](O)[C@H]4O)c(O)c3c(=O)c2O)cc1. The average molecular weight is 625 g/mol. The van der Waals surface area contributed by atoms with Gasteiger partial charge in [-0.25, -0.2) is 0 Å². The number of aliphatic hydroxyl groups excluding tert-OH is 8. The molecule has 0 amide bonds. The summed E-state index contributed by atoms with van der Waals surface area (Å²) in [5, 5.41) is 103. The molecule has 0 aliphatic carbocycles. The molecular formula is C28H32O16. The van der Waals surface area contributed by atoms with Gasteiger partial charge in [0.2, 0.25) is 17.5 Å². The Morgan fingerprint density at radius 2 is 1.36 bits per heavy atom. The van der Waals surface area contributed by atoms with E-state index in [0.29, 0.717) is 5.75 Å². The lowest BCUT2D eigenvalue weighted by Crippen LogP contribution is -2.60. The standard InChI is InChI=1S/C28H32O16/c1-40-10-4-2-9(3-5-10)26-23(37)20(34)15-11(41-26)6-12(43-28-25(39)22(36)18(32)14(8-30)44-28)16(19(15)33)27-24(38)21(35)17(31)13(7-29)42-27/h2-6,13-14,17-18,21-22,24-25,27-33,35-39H,7-8H2,1H3/t13-,14-,17-,18-,21+,22-,24-,25-,27+,28-/m1/s1. The Hall–Kier alpha value is -3.55. The predicted molar refractivity (Wildman–Crippen MR) is 145 cm³/mol. The third-order valence-corrected chi connectivity index (χ3v) is 7.76. The van der Waals surface area contributed by atoms with Gasteiger partial charge in [0.05, 0.1) is 25.9 Å². The predicted octanol–water partition coefficient (Wildman–Crippen LogP) is -2.43. The van der Waals surface area contributed by atoms with Crippen LogP contribution < -0.4 is 14.9 Å². The summed E-state index contributed by atoms with van der Waals surface area (Å²) in [6, 6.07) is 7.05. The van der Waals surface area contributed by atoms with Crippen LogP contribution in [0.15, 0.2) is 39.5 Å². The smallest absolute Gasteiger partial charge is 0.238 e. The fraction of sp³-hybridized carbons (Fsp3) is 0.464. The van der Waals surface area contributed by atoms with Crippen LogP contribution >= 0.6 is 0 Å². The monoisotopic (exact) mass is 624 g/mol. The van der Waals surface area contributed by atoms with Crippen LogP contribution in [0.5, 0.6) is 23.0 Å². The zero-order valence-corrected chi connectivity index (χ0v) is 23.0. The van der Waals surface area contributed by atoms with Crippen molar-refractivity contribution >= 4 is 11.0 Å². The van der Waals surface area contributed by atoms with Crippen molar-refractivity contribution in [1.82, 2.24) is 0 Å². The normalized spacial score (nSPS) is 32.5. The number of aliphatic hydroxyl groups is 8. The van der Waals surface area contributed by atoms with E-state index in [0.717, 1.165) is 6.07 Å². The van der Waals surface area contributed by atoms with Gasteiger partial charge < -0.3 is 74.4 Å². The summed E-state index contributed by atoms with van der Waals surface area (Å²) < 4.78 is 27.7. The van der Waals surface area contributed by atoms with E-state index < -0.39 is 108 Å². The molecular weight excluding hydrogens is 592 g/mol. The van der Waals surface area contributed by atoms with Crippen molar-refractivity contribution < 1.29 is 74.4 Å². The van der Waals surface area contributed by atoms with Gasteiger partial charge in [-0.1, -0.05) is 0 Å². The van der Waals surface area contributed by atoms with Crippen LogP contribution in [0.4, 0.5) is 0 Å². The van der Waals surface area contributed by atoms with Crippen molar-refractivity contribution in [3.05, 3.63) is 46.1 Å². The van der Waals surface area contributed by atoms with E-state index in [2.05, 4.69) is 0 Å². The lowest BCUT2D eigenvalue weighted by molar-refractivity contribution is -0.278. The summed E-state index contributed by atoms with van der Waals surface area (Å²) in [5.74, 6) is -2.24. The molecule has 10 atom stereocenters. The molecule has 0 radical (unpaired) electrons. The number of ether oxygens (including phenoxy) is 4. The van der Waals surface area contributed by atoms with Crippen LogP contribution in [0.2, 0.25) is 0 Å². The minimum Gasteiger partial charge on any atom is -0.506 e. The number of benzene rings is 2. The lowest BCUT2D eigenvalue weighted by Gasteiger charge is -2.42. The van der Waals surface area contributed by atoms with Gasteiger partial charge in [0.15, 0.2) is 5.76 Å². The number of methoxy groups -OCH3 is 1. The van der Waals surface area contributed by atoms with Crippen LogP contribution in [-0.4, -0.2) is 127 Å². The lowest BCUT2D eigenvalue weighted by atomic mass is 9.89. The molecule has 0 unspecified atom stereocenters. The van der Waals surface area contributed by atoms with E-state index in [9.17, 15) is 55.9 Å². The van der Waals surface area contributed by atoms with Gasteiger partial charge in [0, 0.05) is 11.6 Å². The van der Waals surface area contributed by atoms with Crippen molar-refractivity contribution in [2.24, 2.45) is 0 Å². The second-order valence-corrected chi connectivity index (χ2v) is 10.4. The van der Waals surface area contributed by atoms with Gasteiger partial charge in [-0.2, -0.15) is 0 Å². The van der Waals surface area contributed by atoms with E-state index in [4.69, 9.17) is 23.4 Å². The first kappa shape index (κ1) is 31.9. The van der Waals surface area contributed by atoms with E-state index in [-0.39, 0.29) is 16.9 Å². The second kappa shape index (κ2) is 12.4. The van der Waals surface area contributed by atoms with E-state index >= 15 is 0 Å². The van der Waals surface area contributed by atoms with Crippen molar-refractivity contribution in [1.29, 1.82) is 0 Å². The number of phenols is 1. The largest absolute Gasteiger partial charge is 0.506 e. The first-order valence-corrected chi connectivity index (χ1v) is 13.4. The van der Waals surface area contributed by atoms with Crippen molar-refractivity contribution in [2.45, 2.75) is 61.2 Å². The highest BCUT2D eigenvalue weighted by molar-refractivity contribution is 5.90. The first-order valence-electron chi connectivity index (χ1n) is 13.4. The van der Waals surface area contributed by atoms with E-state index in [1.807, 2.05) is 0 Å². The molecule has 2 fully saturated rings. The Labute approximate surface area is 247 Å². The highest BCUT2D eigenvalue weighted by Gasteiger charge is 2.48. The molecule has 240 valence electrons. The number of hydrogen-bond acceptors (Lipinski definition) is 16. The number of fused-ring (bicyclic) bond motifs is 1. The van der Waals surface area contributed by atoms with Crippen LogP contribution in [0.25, 0.3) is 22.3 Å². The molecule has 2 saturated heterocycles. The molecule has 0 saturated carbocycles. The van der Waals surface area contributed by atoms with E-state index in [1.54, 1.807) is 0 Å². The summed E-state index contributed by atoms with van der Waals surface area (Å²) in [6.07, 6.45) is -17.8. The molecule has 10 N–H and O–H groups in total. The first-order chi connectivity index (χ1) is 20.9. The van der Waals surface area contributed by atoms with Crippen LogP contribution in [-0.2, 0) is 9.47 Å². The number of aromatic hydroxyl groups is 2. The third-order valence-electron chi connectivity index (χ3n) is 7.76. The summed E-state index contributed by atoms with van der Waals surface area (Å²) >= 11 is 0. The molecule has 2 aliphatic heterocycles. The molecule has 5 rings (SSSR count). The second-order valence-electron chi connectivity index (χ2n) is 10.4. The van der Waals surface area contributed by atoms with Gasteiger partial charge in [-0.15, -0.1) is 0 Å². The molecule has 16 nitrogen and oxygen atoms in total. The van der Waals surface area contributed by atoms with Gasteiger partial charge in [0.1, 0.15) is 83.2 Å². The topological polar surface area (TPSA) is 269 Å². The van der Waals surface area contributed by atoms with Crippen molar-refractivity contribution in [3.8, 4) is 34.3 Å². The highest BCUT2D eigenvalue weighted by atomic mass is 16.7. The van der Waals surface area contributed by atoms with Crippen LogP contribution in [0.1, 0.15) is 11.7 Å². The maximum Gasteiger partial charge on any atom is 0.238 e. The zero-order chi connectivity index (χ0) is 32.0. The molecule has 0 bridgehead atoms. The summed E-state index contributed by atoms with van der Waals surface area (Å²) in [4.78, 5) is 13.4. The Kier molecular flexibility index (Phi) is 9.01. The summed E-state index contributed by atoms with van der Waals surface area (Å²) in [6.45, 7) is -1.64. The quantitative estimate of drug-likeness (QED) is 0.131. The molecule has 3 heterocycles. The Bertz CT molecular complexity index is 1540. The Morgan fingerprint density at radius 3 is 1.95 bits per heavy atom. The fourth-order valence-electron chi connectivity index (χ4n) is 5.26. The van der Waals surface area contributed by atoms with E-state index in [1.165, 1.54) is 31.4 Å².